The van der Waals surface area contributed by atoms with Gasteiger partial charge in [0.05, 0.1) is 12.0 Å². The fourth-order valence-corrected chi connectivity index (χ4v) is 2.33. The molecule has 6 heteroatoms. The van der Waals surface area contributed by atoms with Crippen LogP contribution in [-0.4, -0.2) is 34.5 Å². The molecule has 1 saturated carbocycles. The first-order valence-electron chi connectivity index (χ1n) is 6.07. The molecule has 2 rings (SSSR count). The Morgan fingerprint density at radius 2 is 2.11 bits per heavy atom. The van der Waals surface area contributed by atoms with E-state index in [0.29, 0.717) is 15.7 Å². The first-order chi connectivity index (χ1) is 8.99. The van der Waals surface area contributed by atoms with Crippen LogP contribution in [0.4, 0.5) is 5.69 Å². The maximum absolute atomic E-state index is 12.5. The molecule has 3 N–H and O–H groups in total. The second-order valence-corrected chi connectivity index (χ2v) is 5.47. The van der Waals surface area contributed by atoms with Crippen molar-refractivity contribution in [1.82, 2.24) is 4.90 Å². The predicted octanol–water partition coefficient (Wildman–Crippen LogP) is 2.11. The van der Waals surface area contributed by atoms with Crippen LogP contribution < -0.4 is 5.73 Å². The van der Waals surface area contributed by atoms with Crippen LogP contribution in [0.15, 0.2) is 22.7 Å². The molecule has 1 aromatic carbocycles. The largest absolute Gasteiger partial charge is 0.481 e. The van der Waals surface area contributed by atoms with Crippen molar-refractivity contribution in [2.45, 2.75) is 25.3 Å². The van der Waals surface area contributed by atoms with Gasteiger partial charge in [0, 0.05) is 22.7 Å². The zero-order valence-corrected chi connectivity index (χ0v) is 11.9. The smallest absolute Gasteiger partial charge is 0.305 e. The minimum atomic E-state index is -0.898. The summed E-state index contributed by atoms with van der Waals surface area (Å²) in [6, 6.07) is 5.22. The molecular formula is C13H15BrN2O3. The average molecular weight is 327 g/mol. The summed E-state index contributed by atoms with van der Waals surface area (Å²) < 4.78 is 0.674. The molecule has 0 unspecified atom stereocenters. The molecule has 5 nitrogen and oxygen atoms in total. The van der Waals surface area contributed by atoms with Gasteiger partial charge in [-0.2, -0.15) is 0 Å². The number of amides is 1. The van der Waals surface area contributed by atoms with Gasteiger partial charge in [-0.1, -0.05) is 0 Å². The average Bonchev–Trinajstić information content (AvgIpc) is 3.16. The lowest BCUT2D eigenvalue weighted by Gasteiger charge is -2.22. The lowest BCUT2D eigenvalue weighted by atomic mass is 10.1. The second kappa shape index (κ2) is 5.61. The van der Waals surface area contributed by atoms with E-state index in [9.17, 15) is 9.59 Å². The summed E-state index contributed by atoms with van der Waals surface area (Å²) in [5, 5.41) is 8.75. The van der Waals surface area contributed by atoms with E-state index in [1.54, 1.807) is 23.1 Å². The van der Waals surface area contributed by atoms with Gasteiger partial charge in [-0.15, -0.1) is 0 Å². The number of benzene rings is 1. The molecule has 1 aliphatic carbocycles. The van der Waals surface area contributed by atoms with Gasteiger partial charge in [0.1, 0.15) is 0 Å². The lowest BCUT2D eigenvalue weighted by Crippen LogP contribution is -2.35. The molecule has 0 saturated heterocycles. The molecule has 1 fully saturated rings. The van der Waals surface area contributed by atoms with Crippen LogP contribution in [0.2, 0.25) is 0 Å². The van der Waals surface area contributed by atoms with Gasteiger partial charge in [-0.3, -0.25) is 9.59 Å². The third-order valence-electron chi connectivity index (χ3n) is 3.04. The van der Waals surface area contributed by atoms with Gasteiger partial charge >= 0.3 is 5.97 Å². The Morgan fingerprint density at radius 3 is 2.68 bits per heavy atom. The Kier molecular flexibility index (Phi) is 4.09. The van der Waals surface area contributed by atoms with E-state index in [1.165, 1.54) is 0 Å². The molecular weight excluding hydrogens is 312 g/mol. The zero-order chi connectivity index (χ0) is 14.0. The lowest BCUT2D eigenvalue weighted by molar-refractivity contribution is -0.137. The zero-order valence-electron chi connectivity index (χ0n) is 10.3. The van der Waals surface area contributed by atoms with Gasteiger partial charge in [0.15, 0.2) is 0 Å². The van der Waals surface area contributed by atoms with E-state index in [2.05, 4.69) is 15.9 Å². The van der Waals surface area contributed by atoms with Crippen LogP contribution >= 0.6 is 15.9 Å². The third kappa shape index (κ3) is 3.47. The third-order valence-corrected chi connectivity index (χ3v) is 3.73. The minimum Gasteiger partial charge on any atom is -0.481 e. The number of aliphatic carboxylic acids is 1. The number of nitrogen functional groups attached to an aromatic ring is 1. The first-order valence-corrected chi connectivity index (χ1v) is 6.86. The molecule has 0 atom stereocenters. The highest BCUT2D eigenvalue weighted by atomic mass is 79.9. The fourth-order valence-electron chi connectivity index (χ4n) is 1.91. The van der Waals surface area contributed by atoms with Crippen molar-refractivity contribution in [3.63, 3.8) is 0 Å². The number of rotatable bonds is 5. The van der Waals surface area contributed by atoms with E-state index in [1.807, 2.05) is 0 Å². The Morgan fingerprint density at radius 1 is 1.42 bits per heavy atom. The topological polar surface area (TPSA) is 83.6 Å². The van der Waals surface area contributed by atoms with Gasteiger partial charge in [-0.25, -0.2) is 0 Å². The van der Waals surface area contributed by atoms with Gasteiger partial charge in [0.2, 0.25) is 0 Å². The van der Waals surface area contributed by atoms with Crippen molar-refractivity contribution in [2.24, 2.45) is 0 Å². The maximum atomic E-state index is 12.5. The number of hydrogen-bond donors (Lipinski definition) is 2. The number of hydrogen-bond acceptors (Lipinski definition) is 3. The summed E-state index contributed by atoms with van der Waals surface area (Å²) in [6.07, 6.45) is 1.83. The summed E-state index contributed by atoms with van der Waals surface area (Å²) in [7, 11) is 0. The normalized spacial score (nSPS) is 14.2. The number of nitrogens with zero attached hydrogens (tertiary/aromatic N) is 1. The number of carboxylic acid groups (broad SMARTS) is 1. The first kappa shape index (κ1) is 13.9. The Labute approximate surface area is 119 Å². The SMILES string of the molecule is Nc1ccc(Br)c(C(=O)N(CCC(=O)O)C2CC2)c1. The molecule has 1 amide bonds. The number of carbonyl (C=O) groups is 2. The Hall–Kier alpha value is -1.56. The highest BCUT2D eigenvalue weighted by Gasteiger charge is 2.33. The van der Waals surface area contributed by atoms with Gasteiger partial charge < -0.3 is 15.7 Å². The highest BCUT2D eigenvalue weighted by Crippen LogP contribution is 2.30. The van der Waals surface area contributed by atoms with Crippen molar-refractivity contribution >= 4 is 33.5 Å². The molecule has 0 aromatic heterocycles. The second-order valence-electron chi connectivity index (χ2n) is 4.61. The fraction of sp³-hybridized carbons (Fsp3) is 0.385. The van der Waals surface area contributed by atoms with Crippen molar-refractivity contribution in [2.75, 3.05) is 12.3 Å². The van der Waals surface area contributed by atoms with Gasteiger partial charge in [-0.05, 0) is 47.0 Å². The Balaban J connectivity index is 2.18. The molecule has 0 spiro atoms. The van der Waals surface area contributed by atoms with Crippen LogP contribution in [0.25, 0.3) is 0 Å². The molecule has 19 heavy (non-hydrogen) atoms. The highest BCUT2D eigenvalue weighted by molar-refractivity contribution is 9.10. The van der Waals surface area contributed by atoms with E-state index < -0.39 is 5.97 Å². The number of carboxylic acids is 1. The van der Waals surface area contributed by atoms with Crippen LogP contribution in [0.1, 0.15) is 29.6 Å². The number of carbonyl (C=O) groups excluding carboxylic acids is 1. The summed E-state index contributed by atoms with van der Waals surface area (Å²) in [4.78, 5) is 24.8. The number of anilines is 1. The standard InChI is InChI=1S/C13H15BrN2O3/c14-11-4-1-8(15)7-10(11)13(19)16(9-2-3-9)6-5-12(17)18/h1,4,7,9H,2-3,5-6,15H2,(H,17,18). The summed E-state index contributed by atoms with van der Waals surface area (Å²) in [6.45, 7) is 0.236. The summed E-state index contributed by atoms with van der Waals surface area (Å²) in [5.41, 5.74) is 6.69. The Bertz CT molecular complexity index is 515. The molecule has 102 valence electrons. The molecule has 1 aromatic rings. The van der Waals surface area contributed by atoms with E-state index in [0.717, 1.165) is 12.8 Å². The van der Waals surface area contributed by atoms with Crippen LogP contribution in [0.3, 0.4) is 0 Å². The molecule has 0 aliphatic heterocycles. The molecule has 0 bridgehead atoms. The van der Waals surface area contributed by atoms with Crippen LogP contribution in [-0.2, 0) is 4.79 Å². The summed E-state index contributed by atoms with van der Waals surface area (Å²) >= 11 is 3.33. The van der Waals surface area contributed by atoms with Crippen LogP contribution in [0.5, 0.6) is 0 Å². The predicted molar refractivity (Wildman–Crippen MR) is 74.9 cm³/mol. The van der Waals surface area contributed by atoms with Crippen LogP contribution in [0, 0.1) is 0 Å². The quantitative estimate of drug-likeness (QED) is 0.812. The monoisotopic (exact) mass is 326 g/mol. The van der Waals surface area contributed by atoms with Gasteiger partial charge in [0.25, 0.3) is 5.91 Å². The van der Waals surface area contributed by atoms with Crippen molar-refractivity contribution in [3.05, 3.63) is 28.2 Å². The number of nitrogens with two attached hydrogens (primary N) is 1. The molecule has 0 heterocycles. The van der Waals surface area contributed by atoms with E-state index in [4.69, 9.17) is 10.8 Å². The molecule has 0 radical (unpaired) electrons. The number of halogens is 1. The summed E-state index contributed by atoms with van der Waals surface area (Å²) in [5.74, 6) is -1.06. The van der Waals surface area contributed by atoms with Crippen molar-refractivity contribution in [1.29, 1.82) is 0 Å². The van der Waals surface area contributed by atoms with E-state index in [-0.39, 0.29) is 24.9 Å². The molecule has 1 aliphatic rings. The maximum Gasteiger partial charge on any atom is 0.305 e. The van der Waals surface area contributed by atoms with Crippen molar-refractivity contribution < 1.29 is 14.7 Å². The van der Waals surface area contributed by atoms with Crippen molar-refractivity contribution in [3.8, 4) is 0 Å². The minimum absolute atomic E-state index is 0.0395. The van der Waals surface area contributed by atoms with E-state index >= 15 is 0 Å².